The van der Waals surface area contributed by atoms with E-state index in [2.05, 4.69) is 17.4 Å². The highest BCUT2D eigenvalue weighted by atomic mass is 16.3. The smallest absolute Gasteiger partial charge is 0.223 e. The Morgan fingerprint density at radius 1 is 1.50 bits per heavy atom. The van der Waals surface area contributed by atoms with E-state index in [0.29, 0.717) is 12.5 Å². The van der Waals surface area contributed by atoms with Gasteiger partial charge in [-0.3, -0.25) is 4.79 Å². The molecule has 0 bridgehead atoms. The second-order valence-electron chi connectivity index (χ2n) is 4.45. The molecule has 1 amide bonds. The van der Waals surface area contributed by atoms with Crippen molar-refractivity contribution in [3.8, 4) is 0 Å². The lowest BCUT2D eigenvalue weighted by Crippen LogP contribution is -2.31. The average Bonchev–Trinajstić information content (AvgIpc) is 3.07. The first kappa shape index (κ1) is 11.1. The minimum Gasteiger partial charge on any atom is -0.392 e. The van der Waals surface area contributed by atoms with Gasteiger partial charge in [-0.2, -0.15) is 0 Å². The third-order valence-corrected chi connectivity index (χ3v) is 2.93. The summed E-state index contributed by atoms with van der Waals surface area (Å²) in [6.45, 7) is 2.01. The molecule has 0 aliphatic heterocycles. The first-order chi connectivity index (χ1) is 7.68. The van der Waals surface area contributed by atoms with Crippen LogP contribution in [0.25, 0.3) is 0 Å². The predicted octanol–water partition coefficient (Wildman–Crippen LogP) is 1.29. The standard InChI is InChI=1S/C13H17NO2/c1-9(15)8-14-13(16)12-7-11(12)10-5-3-2-4-6-10/h2-6,9,11-12,15H,7-8H2,1H3,(H,14,16)/t9-,11?,12?/m1/s1. The topological polar surface area (TPSA) is 49.3 Å². The van der Waals surface area contributed by atoms with Crippen molar-refractivity contribution in [3.05, 3.63) is 35.9 Å². The van der Waals surface area contributed by atoms with Crippen LogP contribution in [-0.4, -0.2) is 23.7 Å². The number of carbonyl (C=O) groups is 1. The molecule has 16 heavy (non-hydrogen) atoms. The fourth-order valence-electron chi connectivity index (χ4n) is 1.93. The van der Waals surface area contributed by atoms with Crippen molar-refractivity contribution >= 4 is 5.91 Å². The molecule has 0 saturated heterocycles. The normalized spacial score (nSPS) is 24.9. The van der Waals surface area contributed by atoms with Crippen LogP contribution in [0.4, 0.5) is 0 Å². The van der Waals surface area contributed by atoms with E-state index in [0.717, 1.165) is 6.42 Å². The van der Waals surface area contributed by atoms with Crippen LogP contribution in [0, 0.1) is 5.92 Å². The maximum atomic E-state index is 11.7. The van der Waals surface area contributed by atoms with Gasteiger partial charge in [-0.15, -0.1) is 0 Å². The zero-order valence-electron chi connectivity index (χ0n) is 9.39. The number of rotatable bonds is 4. The Balaban J connectivity index is 1.85. The van der Waals surface area contributed by atoms with E-state index in [9.17, 15) is 4.79 Å². The summed E-state index contributed by atoms with van der Waals surface area (Å²) in [6, 6.07) is 10.1. The number of hydrogen-bond acceptors (Lipinski definition) is 2. The van der Waals surface area contributed by atoms with Crippen LogP contribution in [0.2, 0.25) is 0 Å². The zero-order chi connectivity index (χ0) is 11.5. The highest BCUT2D eigenvalue weighted by Gasteiger charge is 2.43. The molecule has 3 atom stereocenters. The van der Waals surface area contributed by atoms with Crippen LogP contribution in [-0.2, 0) is 4.79 Å². The van der Waals surface area contributed by atoms with Crippen molar-refractivity contribution in [1.82, 2.24) is 5.32 Å². The average molecular weight is 219 g/mol. The van der Waals surface area contributed by atoms with Crippen LogP contribution in [0.1, 0.15) is 24.8 Å². The van der Waals surface area contributed by atoms with Crippen LogP contribution in [0.5, 0.6) is 0 Å². The minimum absolute atomic E-state index is 0.0646. The third-order valence-electron chi connectivity index (χ3n) is 2.93. The molecule has 1 aliphatic rings. The van der Waals surface area contributed by atoms with E-state index in [1.165, 1.54) is 5.56 Å². The quantitative estimate of drug-likeness (QED) is 0.801. The number of nitrogens with one attached hydrogen (secondary N) is 1. The number of hydrogen-bond donors (Lipinski definition) is 2. The lowest BCUT2D eigenvalue weighted by atomic mass is 10.1. The molecule has 2 rings (SSSR count). The largest absolute Gasteiger partial charge is 0.392 e. The third kappa shape index (κ3) is 2.61. The van der Waals surface area contributed by atoms with E-state index in [1.807, 2.05) is 18.2 Å². The van der Waals surface area contributed by atoms with Crippen molar-refractivity contribution in [1.29, 1.82) is 0 Å². The van der Waals surface area contributed by atoms with Crippen LogP contribution in [0.15, 0.2) is 30.3 Å². The molecular weight excluding hydrogens is 202 g/mol. The summed E-state index contributed by atoms with van der Waals surface area (Å²) in [5.41, 5.74) is 1.24. The van der Waals surface area contributed by atoms with E-state index in [-0.39, 0.29) is 11.8 Å². The van der Waals surface area contributed by atoms with Crippen molar-refractivity contribution < 1.29 is 9.90 Å². The number of aliphatic hydroxyl groups excluding tert-OH is 1. The van der Waals surface area contributed by atoms with Crippen LogP contribution < -0.4 is 5.32 Å². The van der Waals surface area contributed by atoms with Gasteiger partial charge in [-0.05, 0) is 24.8 Å². The fraction of sp³-hybridized carbons (Fsp3) is 0.462. The van der Waals surface area contributed by atoms with E-state index in [1.54, 1.807) is 6.92 Å². The van der Waals surface area contributed by atoms with Gasteiger partial charge in [0.15, 0.2) is 0 Å². The van der Waals surface area contributed by atoms with E-state index < -0.39 is 6.10 Å². The lowest BCUT2D eigenvalue weighted by Gasteiger charge is -2.06. The summed E-state index contributed by atoms with van der Waals surface area (Å²) in [6.07, 6.45) is 0.452. The molecular formula is C13H17NO2. The Morgan fingerprint density at radius 3 is 2.81 bits per heavy atom. The van der Waals surface area contributed by atoms with Gasteiger partial charge in [0, 0.05) is 12.5 Å². The second kappa shape index (κ2) is 4.66. The summed E-state index contributed by atoms with van der Waals surface area (Å²) in [4.78, 5) is 11.7. The van der Waals surface area contributed by atoms with Gasteiger partial charge in [0.05, 0.1) is 6.10 Å². The van der Waals surface area contributed by atoms with Crippen LogP contribution in [0.3, 0.4) is 0 Å². The molecule has 1 aromatic carbocycles. The molecule has 0 spiro atoms. The van der Waals surface area contributed by atoms with Crippen molar-refractivity contribution in [3.63, 3.8) is 0 Å². The SMILES string of the molecule is C[C@@H](O)CNC(=O)C1CC1c1ccccc1. The summed E-state index contributed by atoms with van der Waals surface area (Å²) < 4.78 is 0. The van der Waals surface area contributed by atoms with Gasteiger partial charge in [0.25, 0.3) is 0 Å². The number of aliphatic hydroxyl groups is 1. The molecule has 0 heterocycles. The molecule has 1 aromatic rings. The van der Waals surface area contributed by atoms with Crippen molar-refractivity contribution in [2.75, 3.05) is 6.54 Å². The van der Waals surface area contributed by atoms with E-state index in [4.69, 9.17) is 5.11 Å². The summed E-state index contributed by atoms with van der Waals surface area (Å²) in [7, 11) is 0. The molecule has 0 radical (unpaired) electrons. The highest BCUT2D eigenvalue weighted by Crippen LogP contribution is 2.47. The molecule has 0 aromatic heterocycles. The van der Waals surface area contributed by atoms with Gasteiger partial charge in [-0.25, -0.2) is 0 Å². The maximum absolute atomic E-state index is 11.7. The van der Waals surface area contributed by atoms with Gasteiger partial charge in [0.2, 0.25) is 5.91 Å². The molecule has 2 unspecified atom stereocenters. The summed E-state index contributed by atoms with van der Waals surface area (Å²) >= 11 is 0. The van der Waals surface area contributed by atoms with Gasteiger partial charge < -0.3 is 10.4 Å². The predicted molar refractivity (Wildman–Crippen MR) is 62.0 cm³/mol. The minimum atomic E-state index is -0.474. The summed E-state index contributed by atoms with van der Waals surface area (Å²) in [5.74, 6) is 0.533. The molecule has 3 heteroatoms. The van der Waals surface area contributed by atoms with Crippen molar-refractivity contribution in [2.24, 2.45) is 5.92 Å². The number of amides is 1. The molecule has 3 nitrogen and oxygen atoms in total. The monoisotopic (exact) mass is 219 g/mol. The highest BCUT2D eigenvalue weighted by molar-refractivity contribution is 5.82. The second-order valence-corrected chi connectivity index (χ2v) is 4.45. The fourth-order valence-corrected chi connectivity index (χ4v) is 1.93. The van der Waals surface area contributed by atoms with Gasteiger partial charge in [0.1, 0.15) is 0 Å². The molecule has 2 N–H and O–H groups in total. The maximum Gasteiger partial charge on any atom is 0.223 e. The molecule has 1 aliphatic carbocycles. The Bertz CT molecular complexity index is 361. The molecule has 1 saturated carbocycles. The lowest BCUT2D eigenvalue weighted by molar-refractivity contribution is -0.122. The zero-order valence-corrected chi connectivity index (χ0v) is 9.39. The summed E-state index contributed by atoms with van der Waals surface area (Å²) in [5, 5.41) is 11.8. The Morgan fingerprint density at radius 2 is 2.19 bits per heavy atom. The Labute approximate surface area is 95.5 Å². The van der Waals surface area contributed by atoms with Crippen molar-refractivity contribution in [2.45, 2.75) is 25.4 Å². The first-order valence-corrected chi connectivity index (χ1v) is 5.69. The van der Waals surface area contributed by atoms with Gasteiger partial charge >= 0.3 is 0 Å². The Kier molecular flexibility index (Phi) is 3.25. The van der Waals surface area contributed by atoms with Crippen LogP contribution >= 0.6 is 0 Å². The Hall–Kier alpha value is -1.35. The molecule has 86 valence electrons. The molecule has 1 fully saturated rings. The number of benzene rings is 1. The number of carbonyl (C=O) groups excluding carboxylic acids is 1. The van der Waals surface area contributed by atoms with Gasteiger partial charge in [-0.1, -0.05) is 30.3 Å². The first-order valence-electron chi connectivity index (χ1n) is 5.69. The van der Waals surface area contributed by atoms with E-state index >= 15 is 0 Å².